The van der Waals surface area contributed by atoms with Gasteiger partial charge in [-0.15, -0.1) is 11.3 Å². The molecule has 3 rings (SSSR count). The van der Waals surface area contributed by atoms with Gasteiger partial charge in [-0.25, -0.2) is 0 Å². The first-order valence-electron chi connectivity index (χ1n) is 8.48. The molecule has 0 aliphatic rings. The van der Waals surface area contributed by atoms with Crippen LogP contribution in [0.15, 0.2) is 47.2 Å². The van der Waals surface area contributed by atoms with E-state index in [1.54, 1.807) is 41.8 Å². The lowest BCUT2D eigenvalue weighted by molar-refractivity contribution is -0.136. The highest BCUT2D eigenvalue weighted by atomic mass is 32.1. The Bertz CT molecular complexity index is 1030. The Kier molecular flexibility index (Phi) is 6.63. The summed E-state index contributed by atoms with van der Waals surface area (Å²) in [5.74, 6) is -0.685. The quantitative estimate of drug-likeness (QED) is 0.443. The molecule has 0 radical (unpaired) electrons. The fourth-order valence-electron chi connectivity index (χ4n) is 2.48. The molecule has 0 atom stereocenters. The summed E-state index contributed by atoms with van der Waals surface area (Å²) in [5, 5.41) is 8.70. The van der Waals surface area contributed by atoms with Crippen molar-refractivity contribution in [2.24, 2.45) is 0 Å². The van der Waals surface area contributed by atoms with Crippen LogP contribution >= 0.6 is 22.7 Å². The summed E-state index contributed by atoms with van der Waals surface area (Å²) in [5.41, 5.74) is 1.05. The first-order chi connectivity index (χ1) is 14.0. The van der Waals surface area contributed by atoms with Crippen molar-refractivity contribution in [2.75, 3.05) is 19.5 Å². The molecule has 7 nitrogen and oxygen atoms in total. The molecule has 1 aromatic carbocycles. The second-order valence-corrected chi connectivity index (χ2v) is 7.76. The number of thiophene rings is 2. The zero-order chi connectivity index (χ0) is 20.8. The van der Waals surface area contributed by atoms with Crippen LogP contribution in [0.4, 0.5) is 5.69 Å². The predicted octanol–water partition coefficient (Wildman–Crippen LogP) is 3.31. The minimum atomic E-state index is -0.802. The maximum Gasteiger partial charge on any atom is 0.313 e. The Morgan fingerprint density at radius 2 is 1.76 bits per heavy atom. The summed E-state index contributed by atoms with van der Waals surface area (Å²) in [6.45, 7) is 0.153. The summed E-state index contributed by atoms with van der Waals surface area (Å²) in [4.78, 5) is 37.9. The Morgan fingerprint density at radius 1 is 0.966 bits per heavy atom. The number of rotatable bonds is 7. The van der Waals surface area contributed by atoms with E-state index < -0.39 is 11.8 Å². The molecular formula is C20H18N2O5S2. The average molecular weight is 431 g/mol. The number of hydrogen-bond donors (Lipinski definition) is 2. The number of benzene rings is 1. The molecule has 0 saturated heterocycles. The van der Waals surface area contributed by atoms with Crippen LogP contribution in [-0.2, 0) is 16.1 Å². The minimum absolute atomic E-state index is 0.0555. The van der Waals surface area contributed by atoms with Gasteiger partial charge in [0.1, 0.15) is 0 Å². The van der Waals surface area contributed by atoms with Crippen LogP contribution in [0.3, 0.4) is 0 Å². The number of ether oxygens (including phenoxy) is 2. The highest BCUT2D eigenvalue weighted by Gasteiger charge is 2.16. The molecule has 0 unspecified atom stereocenters. The molecule has 0 aliphatic carbocycles. The van der Waals surface area contributed by atoms with E-state index in [9.17, 15) is 14.4 Å². The van der Waals surface area contributed by atoms with E-state index in [0.29, 0.717) is 27.6 Å². The molecule has 29 heavy (non-hydrogen) atoms. The second kappa shape index (κ2) is 9.35. The Morgan fingerprint density at radius 3 is 2.45 bits per heavy atom. The summed E-state index contributed by atoms with van der Waals surface area (Å²) >= 11 is 2.74. The highest BCUT2D eigenvalue weighted by Crippen LogP contribution is 2.29. The number of carbonyl (C=O) groups is 3. The van der Waals surface area contributed by atoms with E-state index in [2.05, 4.69) is 10.6 Å². The number of methoxy groups -OCH3 is 2. The van der Waals surface area contributed by atoms with Crippen molar-refractivity contribution >= 4 is 46.0 Å². The van der Waals surface area contributed by atoms with Crippen LogP contribution in [0.5, 0.6) is 11.5 Å². The van der Waals surface area contributed by atoms with Crippen molar-refractivity contribution in [1.82, 2.24) is 5.32 Å². The first kappa shape index (κ1) is 20.6. The largest absolute Gasteiger partial charge is 0.493 e. The third kappa shape index (κ3) is 5.01. The molecule has 0 fully saturated rings. The van der Waals surface area contributed by atoms with E-state index in [4.69, 9.17) is 9.47 Å². The molecule has 2 heterocycles. The van der Waals surface area contributed by atoms with Crippen molar-refractivity contribution in [3.63, 3.8) is 0 Å². The van der Waals surface area contributed by atoms with Crippen molar-refractivity contribution in [3.05, 3.63) is 62.5 Å². The zero-order valence-electron chi connectivity index (χ0n) is 15.7. The van der Waals surface area contributed by atoms with Gasteiger partial charge in [-0.3, -0.25) is 14.4 Å². The van der Waals surface area contributed by atoms with Crippen LogP contribution < -0.4 is 20.1 Å². The van der Waals surface area contributed by atoms with Gasteiger partial charge in [-0.1, -0.05) is 0 Å². The van der Waals surface area contributed by atoms with Crippen LogP contribution in [0, 0.1) is 0 Å². The Labute approximate surface area is 175 Å². The summed E-state index contributed by atoms with van der Waals surface area (Å²) in [7, 11) is 2.99. The molecule has 3 aromatic rings. The fourth-order valence-corrected chi connectivity index (χ4v) is 4.03. The molecule has 0 aliphatic heterocycles. The average Bonchev–Trinajstić information content (AvgIpc) is 3.43. The standard InChI is InChI=1S/C20H18N2O5S2/c1-26-15-5-3-13(9-16(15)27-2)22-20(25)19(24)21-10-14-4-6-17(29-14)18(23)12-7-8-28-11-12/h3-9,11H,10H2,1-2H3,(H,21,24)(H,22,25). The van der Waals surface area contributed by atoms with Crippen molar-refractivity contribution in [1.29, 1.82) is 0 Å². The van der Waals surface area contributed by atoms with Crippen molar-refractivity contribution in [2.45, 2.75) is 6.54 Å². The lowest BCUT2D eigenvalue weighted by Crippen LogP contribution is -2.34. The van der Waals surface area contributed by atoms with Crippen LogP contribution in [0.2, 0.25) is 0 Å². The van der Waals surface area contributed by atoms with E-state index >= 15 is 0 Å². The minimum Gasteiger partial charge on any atom is -0.493 e. The summed E-state index contributed by atoms with van der Waals surface area (Å²) in [6, 6.07) is 10.0. The Hall–Kier alpha value is -3.17. The number of anilines is 1. The van der Waals surface area contributed by atoms with Gasteiger partial charge in [0.05, 0.1) is 25.6 Å². The number of carbonyl (C=O) groups excluding carboxylic acids is 3. The highest BCUT2D eigenvalue weighted by molar-refractivity contribution is 7.14. The SMILES string of the molecule is COc1ccc(NC(=O)C(=O)NCc2ccc(C(=O)c3ccsc3)s2)cc1OC. The maximum atomic E-state index is 12.3. The van der Waals surface area contributed by atoms with Gasteiger partial charge in [0.25, 0.3) is 0 Å². The van der Waals surface area contributed by atoms with Gasteiger partial charge in [0.2, 0.25) is 5.78 Å². The monoisotopic (exact) mass is 430 g/mol. The molecule has 2 amide bonds. The molecule has 2 N–H and O–H groups in total. The number of amides is 2. The zero-order valence-corrected chi connectivity index (χ0v) is 17.3. The van der Waals surface area contributed by atoms with Gasteiger partial charge >= 0.3 is 11.8 Å². The van der Waals surface area contributed by atoms with E-state index in [1.807, 2.05) is 5.38 Å². The summed E-state index contributed by atoms with van der Waals surface area (Å²) in [6.07, 6.45) is 0. The van der Waals surface area contributed by atoms with Gasteiger partial charge in [-0.05, 0) is 35.7 Å². The number of ketones is 1. The number of hydrogen-bond acceptors (Lipinski definition) is 7. The lowest BCUT2D eigenvalue weighted by atomic mass is 10.2. The van der Waals surface area contributed by atoms with Crippen LogP contribution in [0.25, 0.3) is 0 Å². The molecular weight excluding hydrogens is 412 g/mol. The molecule has 0 bridgehead atoms. The maximum absolute atomic E-state index is 12.3. The normalized spacial score (nSPS) is 10.3. The molecule has 0 spiro atoms. The fraction of sp³-hybridized carbons (Fsp3) is 0.150. The smallest absolute Gasteiger partial charge is 0.313 e. The third-order valence-electron chi connectivity index (χ3n) is 3.94. The molecule has 0 saturated carbocycles. The molecule has 2 aromatic heterocycles. The third-order valence-corrected chi connectivity index (χ3v) is 5.71. The van der Waals surface area contributed by atoms with Gasteiger partial charge in [0.15, 0.2) is 11.5 Å². The summed E-state index contributed by atoms with van der Waals surface area (Å²) < 4.78 is 10.3. The second-order valence-electron chi connectivity index (χ2n) is 5.81. The van der Waals surface area contributed by atoms with E-state index in [0.717, 1.165) is 4.88 Å². The van der Waals surface area contributed by atoms with Gasteiger partial charge in [0, 0.05) is 27.6 Å². The van der Waals surface area contributed by atoms with Gasteiger partial charge < -0.3 is 20.1 Å². The first-order valence-corrected chi connectivity index (χ1v) is 10.2. The number of nitrogens with one attached hydrogen (secondary N) is 2. The van der Waals surface area contributed by atoms with Crippen molar-refractivity contribution in [3.8, 4) is 11.5 Å². The van der Waals surface area contributed by atoms with E-state index in [1.165, 1.54) is 36.9 Å². The van der Waals surface area contributed by atoms with Crippen LogP contribution in [0.1, 0.15) is 20.1 Å². The predicted molar refractivity (Wildman–Crippen MR) is 112 cm³/mol. The van der Waals surface area contributed by atoms with Gasteiger partial charge in [-0.2, -0.15) is 11.3 Å². The van der Waals surface area contributed by atoms with Crippen molar-refractivity contribution < 1.29 is 23.9 Å². The Balaban J connectivity index is 1.55. The molecule has 9 heteroatoms. The molecule has 150 valence electrons. The lowest BCUT2D eigenvalue weighted by Gasteiger charge is -2.10. The van der Waals surface area contributed by atoms with E-state index in [-0.39, 0.29) is 12.3 Å². The topological polar surface area (TPSA) is 93.7 Å². The van der Waals surface area contributed by atoms with Crippen LogP contribution in [-0.4, -0.2) is 31.8 Å².